The van der Waals surface area contributed by atoms with Crippen LogP contribution >= 0.6 is 0 Å². The third-order valence-corrected chi connectivity index (χ3v) is 2.27. The number of rotatable bonds is 1. The van der Waals surface area contributed by atoms with Gasteiger partial charge in [0.05, 0.1) is 5.60 Å². The van der Waals surface area contributed by atoms with E-state index in [0.717, 1.165) is 6.42 Å². The van der Waals surface area contributed by atoms with Gasteiger partial charge in [0.2, 0.25) is 0 Å². The predicted molar refractivity (Wildman–Crippen MR) is 42.9 cm³/mol. The molecule has 1 aliphatic rings. The quantitative estimate of drug-likeness (QED) is 0.540. The molecule has 0 saturated carbocycles. The van der Waals surface area contributed by atoms with E-state index in [1.807, 2.05) is 0 Å². The molecule has 0 heterocycles. The van der Waals surface area contributed by atoms with E-state index in [1.165, 1.54) is 5.57 Å². The molecule has 0 N–H and O–H groups in total. The van der Waals surface area contributed by atoms with Crippen molar-refractivity contribution in [2.45, 2.75) is 25.9 Å². The van der Waals surface area contributed by atoms with E-state index in [9.17, 15) is 0 Å². The molecule has 1 heteroatoms. The minimum absolute atomic E-state index is 0.0469. The Morgan fingerprint density at radius 3 is 2.70 bits per heavy atom. The molecule has 0 aromatic heterocycles. The number of allylic oxidation sites excluding steroid dienone is 2. The fourth-order valence-electron chi connectivity index (χ4n) is 1.09. The Morgan fingerprint density at radius 1 is 1.60 bits per heavy atom. The lowest BCUT2D eigenvalue weighted by molar-refractivity contribution is 0.0400. The number of hydrogen-bond donors (Lipinski definition) is 0. The zero-order valence-corrected chi connectivity index (χ0v) is 6.85. The summed E-state index contributed by atoms with van der Waals surface area (Å²) in [4.78, 5) is 0. The summed E-state index contributed by atoms with van der Waals surface area (Å²) >= 11 is 0. The van der Waals surface area contributed by atoms with Crippen LogP contribution in [0.15, 0.2) is 23.8 Å². The van der Waals surface area contributed by atoms with E-state index in [-0.39, 0.29) is 5.60 Å². The van der Waals surface area contributed by atoms with Gasteiger partial charge in [0.25, 0.3) is 0 Å². The van der Waals surface area contributed by atoms with Crippen LogP contribution in [-0.4, -0.2) is 12.7 Å². The van der Waals surface area contributed by atoms with Gasteiger partial charge < -0.3 is 4.74 Å². The maximum atomic E-state index is 5.37. The minimum atomic E-state index is -0.0469. The van der Waals surface area contributed by atoms with Crippen molar-refractivity contribution >= 4 is 0 Å². The van der Waals surface area contributed by atoms with Crippen molar-refractivity contribution in [2.24, 2.45) is 0 Å². The van der Waals surface area contributed by atoms with Crippen molar-refractivity contribution in [2.75, 3.05) is 7.11 Å². The first-order chi connectivity index (χ1) is 4.69. The summed E-state index contributed by atoms with van der Waals surface area (Å²) in [5.74, 6) is 0. The van der Waals surface area contributed by atoms with Crippen LogP contribution in [0.1, 0.15) is 20.3 Å². The summed E-state index contributed by atoms with van der Waals surface area (Å²) < 4.78 is 5.37. The zero-order valence-electron chi connectivity index (χ0n) is 6.85. The number of ether oxygens (including phenoxy) is 1. The van der Waals surface area contributed by atoms with E-state index in [2.05, 4.69) is 32.1 Å². The highest BCUT2D eigenvalue weighted by Gasteiger charge is 2.25. The van der Waals surface area contributed by atoms with Gasteiger partial charge in [-0.3, -0.25) is 0 Å². The first-order valence-corrected chi connectivity index (χ1v) is 3.58. The molecule has 0 fully saturated rings. The fraction of sp³-hybridized carbons (Fsp3) is 0.556. The van der Waals surface area contributed by atoms with Crippen LogP contribution in [0.25, 0.3) is 0 Å². The van der Waals surface area contributed by atoms with Crippen LogP contribution in [0.3, 0.4) is 0 Å². The van der Waals surface area contributed by atoms with Crippen molar-refractivity contribution in [3.05, 3.63) is 23.8 Å². The molecule has 1 rings (SSSR count). The second-order valence-corrected chi connectivity index (χ2v) is 2.92. The van der Waals surface area contributed by atoms with Crippen LogP contribution in [0, 0.1) is 0 Å². The molecule has 0 aromatic carbocycles. The molecule has 0 radical (unpaired) electrons. The highest BCUT2D eigenvalue weighted by molar-refractivity contribution is 5.25. The molecule has 0 spiro atoms. The lowest BCUT2D eigenvalue weighted by atomic mass is 9.89. The molecule has 0 aromatic rings. The van der Waals surface area contributed by atoms with Crippen LogP contribution in [-0.2, 0) is 4.74 Å². The molecule has 1 nitrogen and oxygen atoms in total. The lowest BCUT2D eigenvalue weighted by Crippen LogP contribution is -2.29. The smallest absolute Gasteiger partial charge is 0.0894 e. The summed E-state index contributed by atoms with van der Waals surface area (Å²) in [6.45, 7) is 4.22. The second-order valence-electron chi connectivity index (χ2n) is 2.92. The Labute approximate surface area is 62.4 Å². The Morgan fingerprint density at radius 2 is 2.30 bits per heavy atom. The van der Waals surface area contributed by atoms with Gasteiger partial charge in [-0.25, -0.2) is 0 Å². The van der Waals surface area contributed by atoms with E-state index in [4.69, 9.17) is 4.74 Å². The van der Waals surface area contributed by atoms with Crippen molar-refractivity contribution in [3.63, 3.8) is 0 Å². The highest BCUT2D eigenvalue weighted by Crippen LogP contribution is 2.27. The molecular formula is C9H14O. The second kappa shape index (κ2) is 2.59. The summed E-state index contributed by atoms with van der Waals surface area (Å²) in [5, 5.41) is 0. The molecule has 1 aliphatic carbocycles. The van der Waals surface area contributed by atoms with Crippen molar-refractivity contribution in [1.82, 2.24) is 0 Å². The van der Waals surface area contributed by atoms with E-state index in [0.29, 0.717) is 0 Å². The molecular weight excluding hydrogens is 124 g/mol. The highest BCUT2D eigenvalue weighted by atomic mass is 16.5. The molecule has 0 aliphatic heterocycles. The van der Waals surface area contributed by atoms with Gasteiger partial charge in [0.15, 0.2) is 0 Å². The SMILES string of the molecule is COC1(C)CC=CC=C1C. The molecule has 1 atom stereocenters. The monoisotopic (exact) mass is 138 g/mol. The van der Waals surface area contributed by atoms with Gasteiger partial charge in [-0.05, 0) is 25.8 Å². The molecule has 0 bridgehead atoms. The van der Waals surface area contributed by atoms with Gasteiger partial charge >= 0.3 is 0 Å². The zero-order chi connectivity index (χ0) is 7.61. The van der Waals surface area contributed by atoms with E-state index >= 15 is 0 Å². The molecule has 1 unspecified atom stereocenters. The van der Waals surface area contributed by atoms with Gasteiger partial charge in [0, 0.05) is 7.11 Å². The minimum Gasteiger partial charge on any atom is -0.374 e. The van der Waals surface area contributed by atoms with Crippen LogP contribution < -0.4 is 0 Å². The fourth-order valence-corrected chi connectivity index (χ4v) is 1.09. The molecule has 0 saturated heterocycles. The molecule has 56 valence electrons. The number of hydrogen-bond acceptors (Lipinski definition) is 1. The Bertz CT molecular complexity index is 179. The Balaban J connectivity index is 2.81. The predicted octanol–water partition coefficient (Wildman–Crippen LogP) is 2.30. The van der Waals surface area contributed by atoms with Gasteiger partial charge in [0.1, 0.15) is 0 Å². The normalized spacial score (nSPS) is 32.1. The summed E-state index contributed by atoms with van der Waals surface area (Å²) in [7, 11) is 1.76. The Hall–Kier alpha value is -0.560. The molecule has 0 amide bonds. The van der Waals surface area contributed by atoms with E-state index in [1.54, 1.807) is 7.11 Å². The van der Waals surface area contributed by atoms with Crippen molar-refractivity contribution in [3.8, 4) is 0 Å². The lowest BCUT2D eigenvalue weighted by Gasteiger charge is -2.29. The third kappa shape index (κ3) is 1.14. The Kier molecular flexibility index (Phi) is 1.95. The molecule has 10 heavy (non-hydrogen) atoms. The number of methoxy groups -OCH3 is 1. The summed E-state index contributed by atoms with van der Waals surface area (Å²) in [6, 6.07) is 0. The van der Waals surface area contributed by atoms with E-state index < -0.39 is 0 Å². The van der Waals surface area contributed by atoms with Gasteiger partial charge in [-0.15, -0.1) is 0 Å². The van der Waals surface area contributed by atoms with Crippen LogP contribution in [0.4, 0.5) is 0 Å². The van der Waals surface area contributed by atoms with Gasteiger partial charge in [-0.1, -0.05) is 18.2 Å². The first kappa shape index (κ1) is 7.55. The largest absolute Gasteiger partial charge is 0.374 e. The van der Waals surface area contributed by atoms with Crippen molar-refractivity contribution in [1.29, 1.82) is 0 Å². The van der Waals surface area contributed by atoms with Crippen LogP contribution in [0.2, 0.25) is 0 Å². The van der Waals surface area contributed by atoms with Crippen LogP contribution in [0.5, 0.6) is 0 Å². The first-order valence-electron chi connectivity index (χ1n) is 3.58. The standard InChI is InChI=1S/C9H14O/c1-8-6-4-5-7-9(8,2)10-3/h4-6H,7H2,1-3H3. The van der Waals surface area contributed by atoms with Crippen molar-refractivity contribution < 1.29 is 4.74 Å². The topological polar surface area (TPSA) is 9.23 Å². The third-order valence-electron chi connectivity index (χ3n) is 2.27. The maximum Gasteiger partial charge on any atom is 0.0894 e. The average Bonchev–Trinajstić information content (AvgIpc) is 1.96. The maximum absolute atomic E-state index is 5.37. The average molecular weight is 138 g/mol. The summed E-state index contributed by atoms with van der Waals surface area (Å²) in [5.41, 5.74) is 1.26. The van der Waals surface area contributed by atoms with Gasteiger partial charge in [-0.2, -0.15) is 0 Å². The summed E-state index contributed by atoms with van der Waals surface area (Å²) in [6.07, 6.45) is 7.31.